The number of nitrogens with zero attached hydrogens (tertiary/aromatic N) is 2. The largest absolute Gasteiger partial charge is 0.338 e. The number of H-pyrrole nitrogens is 1. The number of aromatic nitrogens is 2. The van der Waals surface area contributed by atoms with Crippen molar-refractivity contribution in [3.05, 3.63) is 39.3 Å². The number of fused-ring (bicyclic) bond motifs is 1. The average molecular weight is 315 g/mol. The molecule has 0 unspecified atom stereocenters. The van der Waals surface area contributed by atoms with Crippen molar-refractivity contribution in [1.29, 1.82) is 0 Å². The van der Waals surface area contributed by atoms with Gasteiger partial charge in [-0.2, -0.15) is 5.10 Å². The second-order valence-electron chi connectivity index (χ2n) is 6.46. The molecule has 1 aliphatic heterocycles. The van der Waals surface area contributed by atoms with Crippen LogP contribution < -0.4 is 0 Å². The maximum atomic E-state index is 12.8. The third kappa shape index (κ3) is 2.70. The molecule has 1 saturated heterocycles. The molecule has 4 rings (SSSR count). The molecule has 1 N–H and O–H groups in total. The number of amides is 1. The maximum absolute atomic E-state index is 12.8. The smallest absolute Gasteiger partial charge is 0.263 e. The zero-order valence-corrected chi connectivity index (χ0v) is 13.5. The summed E-state index contributed by atoms with van der Waals surface area (Å²) in [4.78, 5) is 17.2. The summed E-state index contributed by atoms with van der Waals surface area (Å²) in [7, 11) is 0. The van der Waals surface area contributed by atoms with Crippen LogP contribution in [0.5, 0.6) is 0 Å². The highest BCUT2D eigenvalue weighted by atomic mass is 32.1. The number of hydrogen-bond donors (Lipinski definition) is 1. The molecule has 3 heterocycles. The van der Waals surface area contributed by atoms with E-state index in [0.717, 1.165) is 43.6 Å². The zero-order chi connectivity index (χ0) is 14.9. The number of carbonyl (C=O) groups is 1. The average Bonchev–Trinajstić information content (AvgIpc) is 3.23. The Morgan fingerprint density at radius 1 is 1.41 bits per heavy atom. The van der Waals surface area contributed by atoms with Crippen LogP contribution in [-0.4, -0.2) is 34.1 Å². The van der Waals surface area contributed by atoms with Gasteiger partial charge in [0.2, 0.25) is 0 Å². The van der Waals surface area contributed by atoms with Crippen molar-refractivity contribution in [3.63, 3.8) is 0 Å². The quantitative estimate of drug-likeness (QED) is 0.946. The van der Waals surface area contributed by atoms with Gasteiger partial charge in [-0.25, -0.2) is 0 Å². The van der Waals surface area contributed by atoms with Crippen molar-refractivity contribution < 1.29 is 4.79 Å². The predicted molar refractivity (Wildman–Crippen MR) is 87.3 cm³/mol. The molecule has 1 aliphatic carbocycles. The Hall–Kier alpha value is -1.62. The molecule has 2 aliphatic rings. The van der Waals surface area contributed by atoms with E-state index < -0.39 is 0 Å². The van der Waals surface area contributed by atoms with Gasteiger partial charge in [0.1, 0.15) is 0 Å². The molecule has 2 aromatic heterocycles. The number of rotatable bonds is 3. The fourth-order valence-corrected chi connectivity index (χ4v) is 4.94. The van der Waals surface area contributed by atoms with E-state index in [-0.39, 0.29) is 5.91 Å². The number of hydrogen-bond acceptors (Lipinski definition) is 3. The molecule has 1 amide bonds. The molecule has 116 valence electrons. The van der Waals surface area contributed by atoms with Crippen LogP contribution in [0.25, 0.3) is 0 Å². The molecular weight excluding hydrogens is 294 g/mol. The molecule has 0 bridgehead atoms. The van der Waals surface area contributed by atoms with Gasteiger partial charge in [-0.15, -0.1) is 11.3 Å². The Balaban J connectivity index is 1.43. The minimum Gasteiger partial charge on any atom is -0.338 e. The molecule has 0 spiro atoms. The van der Waals surface area contributed by atoms with Crippen LogP contribution >= 0.6 is 11.3 Å². The third-order valence-electron chi connectivity index (χ3n) is 4.83. The van der Waals surface area contributed by atoms with E-state index in [1.807, 2.05) is 6.07 Å². The number of thiophene rings is 1. The molecule has 5 heteroatoms. The summed E-state index contributed by atoms with van der Waals surface area (Å²) < 4.78 is 0. The Bertz CT molecular complexity index is 640. The van der Waals surface area contributed by atoms with E-state index in [2.05, 4.69) is 21.2 Å². The first-order valence-electron chi connectivity index (χ1n) is 8.19. The second kappa shape index (κ2) is 5.88. The number of piperidine rings is 1. The SMILES string of the molecule is O=C(c1cc2c(s1)CCC2)N1CCC[C@@H](Cc2ccn[nH]2)C1. The standard InChI is InChI=1S/C17H21N3OS/c21-17(16-10-13-4-1-5-15(13)22-16)20-8-2-3-12(11-20)9-14-6-7-18-19-14/h6-7,10,12H,1-5,8-9,11H2,(H,18,19)/t12-/m0/s1. The van der Waals surface area contributed by atoms with E-state index in [1.165, 1.54) is 29.0 Å². The van der Waals surface area contributed by atoms with Gasteiger partial charge < -0.3 is 4.90 Å². The van der Waals surface area contributed by atoms with Crippen LogP contribution in [-0.2, 0) is 19.3 Å². The summed E-state index contributed by atoms with van der Waals surface area (Å²) in [6, 6.07) is 4.18. The Morgan fingerprint density at radius 2 is 2.36 bits per heavy atom. The number of carbonyl (C=O) groups excluding carboxylic acids is 1. The fraction of sp³-hybridized carbons (Fsp3) is 0.529. The molecule has 0 radical (unpaired) electrons. The lowest BCUT2D eigenvalue weighted by Crippen LogP contribution is -2.40. The summed E-state index contributed by atoms with van der Waals surface area (Å²) in [6.45, 7) is 1.78. The van der Waals surface area contributed by atoms with Crippen molar-refractivity contribution in [2.24, 2.45) is 5.92 Å². The van der Waals surface area contributed by atoms with Gasteiger partial charge in [0, 0.05) is 29.9 Å². The van der Waals surface area contributed by atoms with Gasteiger partial charge in [0.05, 0.1) is 4.88 Å². The maximum Gasteiger partial charge on any atom is 0.263 e. The molecule has 1 atom stereocenters. The molecule has 2 aromatic rings. The summed E-state index contributed by atoms with van der Waals surface area (Å²) in [5.41, 5.74) is 2.59. The lowest BCUT2D eigenvalue weighted by atomic mass is 9.93. The van der Waals surface area contributed by atoms with Gasteiger partial charge >= 0.3 is 0 Å². The highest BCUT2D eigenvalue weighted by Gasteiger charge is 2.27. The fourth-order valence-electron chi connectivity index (χ4n) is 3.72. The van der Waals surface area contributed by atoms with Crippen LogP contribution in [0.4, 0.5) is 0 Å². The lowest BCUT2D eigenvalue weighted by Gasteiger charge is -2.32. The minimum atomic E-state index is 0.244. The second-order valence-corrected chi connectivity index (χ2v) is 7.59. The topological polar surface area (TPSA) is 49.0 Å². The van der Waals surface area contributed by atoms with Crippen LogP contribution in [0.3, 0.4) is 0 Å². The van der Waals surface area contributed by atoms with E-state index in [1.54, 1.807) is 17.5 Å². The highest BCUT2D eigenvalue weighted by molar-refractivity contribution is 7.14. The van der Waals surface area contributed by atoms with Crippen LogP contribution in [0.1, 0.15) is 45.1 Å². The third-order valence-corrected chi connectivity index (χ3v) is 6.06. The van der Waals surface area contributed by atoms with Crippen LogP contribution in [0.2, 0.25) is 0 Å². The summed E-state index contributed by atoms with van der Waals surface area (Å²) in [5.74, 6) is 0.790. The molecule has 1 fully saturated rings. The molecular formula is C17H21N3OS. The van der Waals surface area contributed by atoms with Crippen molar-refractivity contribution in [1.82, 2.24) is 15.1 Å². The molecule has 0 saturated carbocycles. The van der Waals surface area contributed by atoms with Gasteiger partial charge in [-0.05, 0) is 62.1 Å². The first kappa shape index (κ1) is 14.0. The van der Waals surface area contributed by atoms with Crippen molar-refractivity contribution in [3.8, 4) is 0 Å². The number of likely N-dealkylation sites (tertiary alicyclic amines) is 1. The predicted octanol–water partition coefficient (Wildman–Crippen LogP) is 3.05. The van der Waals surface area contributed by atoms with Crippen molar-refractivity contribution in [2.45, 2.75) is 38.5 Å². The van der Waals surface area contributed by atoms with E-state index in [4.69, 9.17) is 0 Å². The Morgan fingerprint density at radius 3 is 3.18 bits per heavy atom. The molecule has 4 nitrogen and oxygen atoms in total. The van der Waals surface area contributed by atoms with Crippen molar-refractivity contribution in [2.75, 3.05) is 13.1 Å². The van der Waals surface area contributed by atoms with Gasteiger partial charge in [-0.1, -0.05) is 0 Å². The highest BCUT2D eigenvalue weighted by Crippen LogP contribution is 2.32. The lowest BCUT2D eigenvalue weighted by molar-refractivity contribution is 0.0677. The minimum absolute atomic E-state index is 0.244. The van der Waals surface area contributed by atoms with Crippen LogP contribution in [0.15, 0.2) is 18.3 Å². The number of nitrogens with one attached hydrogen (secondary N) is 1. The Labute approximate surface area is 134 Å². The zero-order valence-electron chi connectivity index (χ0n) is 12.7. The first-order chi connectivity index (χ1) is 10.8. The Kier molecular flexibility index (Phi) is 3.74. The normalized spacial score (nSPS) is 21.1. The monoisotopic (exact) mass is 315 g/mol. The summed E-state index contributed by atoms with van der Waals surface area (Å²) in [5, 5.41) is 7.05. The molecule has 0 aromatic carbocycles. The van der Waals surface area contributed by atoms with E-state index >= 15 is 0 Å². The number of aromatic amines is 1. The van der Waals surface area contributed by atoms with Crippen LogP contribution in [0, 0.1) is 5.92 Å². The summed E-state index contributed by atoms with van der Waals surface area (Å²) >= 11 is 1.72. The van der Waals surface area contributed by atoms with Gasteiger partial charge in [0.25, 0.3) is 5.91 Å². The van der Waals surface area contributed by atoms with Crippen molar-refractivity contribution >= 4 is 17.2 Å². The van der Waals surface area contributed by atoms with Gasteiger partial charge in [0.15, 0.2) is 0 Å². The first-order valence-corrected chi connectivity index (χ1v) is 9.00. The van der Waals surface area contributed by atoms with E-state index in [9.17, 15) is 4.79 Å². The molecule has 22 heavy (non-hydrogen) atoms. The summed E-state index contributed by atoms with van der Waals surface area (Å²) in [6.07, 6.45) is 8.67. The number of aryl methyl sites for hydroxylation is 2. The van der Waals surface area contributed by atoms with E-state index in [0.29, 0.717) is 5.92 Å². The van der Waals surface area contributed by atoms with Gasteiger partial charge in [-0.3, -0.25) is 9.89 Å².